The van der Waals surface area contributed by atoms with Gasteiger partial charge in [0.05, 0.1) is 0 Å². The third kappa shape index (κ3) is 57.4. The first-order valence-corrected chi connectivity index (χ1v) is 30.1. The monoisotopic (exact) mass is 989 g/mol. The van der Waals surface area contributed by atoms with Crippen LogP contribution in [0.3, 0.4) is 0 Å². The summed E-state index contributed by atoms with van der Waals surface area (Å²) in [5, 5.41) is 0. The lowest BCUT2D eigenvalue weighted by atomic mass is 10.0. The molecule has 0 aromatic rings. The average Bonchev–Trinajstić information content (AvgIpc) is 3.37. The first kappa shape index (κ1) is 67.6. The molecule has 0 saturated heterocycles. The first-order valence-electron chi connectivity index (χ1n) is 30.1. The normalized spacial score (nSPS) is 12.7. The Labute approximate surface area is 439 Å². The fraction of sp³-hybridized carbons (Fsp3) is 0.738. The van der Waals surface area contributed by atoms with E-state index < -0.39 is 6.10 Å². The molecular formula is C65H112O6. The third-order valence-electron chi connectivity index (χ3n) is 12.9. The van der Waals surface area contributed by atoms with Crippen LogP contribution >= 0.6 is 0 Å². The van der Waals surface area contributed by atoms with Crippen molar-refractivity contribution in [3.05, 3.63) is 85.1 Å². The zero-order chi connectivity index (χ0) is 51.4. The smallest absolute Gasteiger partial charge is 0.306 e. The molecule has 0 aromatic carbocycles. The number of ether oxygens (including phenoxy) is 3. The molecule has 0 heterocycles. The Morgan fingerprint density at radius 1 is 0.296 bits per heavy atom. The van der Waals surface area contributed by atoms with Gasteiger partial charge in [0.1, 0.15) is 13.2 Å². The van der Waals surface area contributed by atoms with Crippen molar-refractivity contribution in [2.24, 2.45) is 0 Å². The van der Waals surface area contributed by atoms with Gasteiger partial charge in [-0.15, -0.1) is 0 Å². The fourth-order valence-corrected chi connectivity index (χ4v) is 8.37. The molecule has 71 heavy (non-hydrogen) atoms. The predicted molar refractivity (Wildman–Crippen MR) is 307 cm³/mol. The summed E-state index contributed by atoms with van der Waals surface area (Å²) in [6, 6.07) is 0. The highest BCUT2D eigenvalue weighted by molar-refractivity contribution is 5.71. The average molecular weight is 990 g/mol. The van der Waals surface area contributed by atoms with E-state index in [2.05, 4.69) is 106 Å². The lowest BCUT2D eigenvalue weighted by molar-refractivity contribution is -0.167. The van der Waals surface area contributed by atoms with Gasteiger partial charge < -0.3 is 14.2 Å². The molecule has 0 amide bonds. The number of allylic oxidation sites excluding steroid dienone is 14. The summed E-state index contributed by atoms with van der Waals surface area (Å²) >= 11 is 0. The molecule has 0 aliphatic heterocycles. The summed E-state index contributed by atoms with van der Waals surface area (Å²) in [5.74, 6) is -0.889. The molecule has 1 atom stereocenters. The van der Waals surface area contributed by atoms with Crippen LogP contribution in [0.2, 0.25) is 0 Å². The summed E-state index contributed by atoms with van der Waals surface area (Å²) in [7, 11) is 0. The van der Waals surface area contributed by atoms with Crippen LogP contribution in [0.4, 0.5) is 0 Å². The Bertz CT molecular complexity index is 1370. The largest absolute Gasteiger partial charge is 0.462 e. The van der Waals surface area contributed by atoms with E-state index in [-0.39, 0.29) is 31.1 Å². The van der Waals surface area contributed by atoms with E-state index in [4.69, 9.17) is 14.2 Å². The van der Waals surface area contributed by atoms with Crippen molar-refractivity contribution in [1.29, 1.82) is 0 Å². The van der Waals surface area contributed by atoms with Crippen LogP contribution in [-0.2, 0) is 28.6 Å². The molecule has 0 saturated carbocycles. The Balaban J connectivity index is 4.17. The van der Waals surface area contributed by atoms with Crippen molar-refractivity contribution in [1.82, 2.24) is 0 Å². The standard InChI is InChI=1S/C65H112O6/c1-4-7-10-13-16-19-22-24-26-27-28-29-30-31-32-33-34-35-36-37-38-39-40-42-43-46-49-52-55-58-64(67)70-61-62(60-69-63(66)57-54-51-48-45-21-18-15-12-9-6-3)71-65(68)59-56-53-50-47-44-41-25-23-20-17-14-11-8-5-2/h7,10,14,16-17,19,23-26,28-29,31-32,62H,4-6,8-9,11-13,15,18,20-22,27,30,33-61H2,1-3H3/b10-7-,17-14-,19-16-,25-23-,26-24-,29-28-,32-31-. The molecule has 1 unspecified atom stereocenters. The van der Waals surface area contributed by atoms with Gasteiger partial charge in [0.25, 0.3) is 0 Å². The summed E-state index contributed by atoms with van der Waals surface area (Å²) in [5.41, 5.74) is 0. The van der Waals surface area contributed by atoms with Crippen LogP contribution < -0.4 is 0 Å². The molecule has 0 N–H and O–H groups in total. The molecule has 0 aliphatic carbocycles. The van der Waals surface area contributed by atoms with Gasteiger partial charge in [0, 0.05) is 19.3 Å². The van der Waals surface area contributed by atoms with E-state index in [0.717, 1.165) is 116 Å². The number of hydrogen-bond donors (Lipinski definition) is 0. The maximum Gasteiger partial charge on any atom is 0.306 e. The lowest BCUT2D eigenvalue weighted by Crippen LogP contribution is -2.30. The first-order chi connectivity index (χ1) is 35.0. The molecule has 6 heteroatoms. The van der Waals surface area contributed by atoms with Gasteiger partial charge in [0.15, 0.2) is 6.10 Å². The van der Waals surface area contributed by atoms with Gasteiger partial charge in [0.2, 0.25) is 0 Å². The van der Waals surface area contributed by atoms with Crippen molar-refractivity contribution in [3.8, 4) is 0 Å². The molecule has 0 radical (unpaired) electrons. The molecule has 0 aliphatic rings. The fourth-order valence-electron chi connectivity index (χ4n) is 8.37. The molecule has 0 spiro atoms. The van der Waals surface area contributed by atoms with Crippen LogP contribution in [0.5, 0.6) is 0 Å². The molecule has 0 fully saturated rings. The SMILES string of the molecule is CC/C=C\C/C=C\C/C=C\C/C=C\C/C=C\CCCCCCCCCCCCCCCC(=O)OCC(COC(=O)CCCCCCCCCCCC)OC(=O)CCCCCCC/C=C\C/C=C\CCCC. The number of esters is 3. The number of unbranched alkanes of at least 4 members (excludes halogenated alkanes) is 29. The molecule has 0 rings (SSSR count). The summed E-state index contributed by atoms with van der Waals surface area (Å²) in [4.78, 5) is 38.1. The minimum absolute atomic E-state index is 0.0793. The highest BCUT2D eigenvalue weighted by Crippen LogP contribution is 2.16. The van der Waals surface area contributed by atoms with E-state index in [1.54, 1.807) is 0 Å². The number of carbonyl (C=O) groups is 3. The van der Waals surface area contributed by atoms with Gasteiger partial charge in [-0.1, -0.05) is 266 Å². The van der Waals surface area contributed by atoms with E-state index in [9.17, 15) is 14.4 Å². The highest BCUT2D eigenvalue weighted by Gasteiger charge is 2.19. The minimum atomic E-state index is -0.781. The van der Waals surface area contributed by atoms with Crippen molar-refractivity contribution in [3.63, 3.8) is 0 Å². The van der Waals surface area contributed by atoms with E-state index in [1.807, 2.05) is 0 Å². The van der Waals surface area contributed by atoms with Crippen molar-refractivity contribution < 1.29 is 28.6 Å². The molecular weight excluding hydrogens is 877 g/mol. The van der Waals surface area contributed by atoms with Crippen LogP contribution in [0.15, 0.2) is 85.1 Å². The van der Waals surface area contributed by atoms with Crippen LogP contribution in [0.25, 0.3) is 0 Å². The number of hydrogen-bond acceptors (Lipinski definition) is 6. The van der Waals surface area contributed by atoms with Gasteiger partial charge in [-0.25, -0.2) is 0 Å². The van der Waals surface area contributed by atoms with Crippen molar-refractivity contribution >= 4 is 17.9 Å². The van der Waals surface area contributed by atoms with Gasteiger partial charge in [-0.05, 0) is 89.9 Å². The van der Waals surface area contributed by atoms with Gasteiger partial charge >= 0.3 is 17.9 Å². The van der Waals surface area contributed by atoms with Crippen LogP contribution in [0, 0.1) is 0 Å². The topological polar surface area (TPSA) is 78.9 Å². The second-order valence-corrected chi connectivity index (χ2v) is 19.9. The minimum Gasteiger partial charge on any atom is -0.462 e. The second kappa shape index (κ2) is 59.2. The number of rotatable bonds is 54. The molecule has 408 valence electrons. The Morgan fingerprint density at radius 2 is 0.563 bits per heavy atom. The summed E-state index contributed by atoms with van der Waals surface area (Å²) in [6.45, 7) is 6.48. The van der Waals surface area contributed by atoms with Crippen molar-refractivity contribution in [2.75, 3.05) is 13.2 Å². The van der Waals surface area contributed by atoms with E-state index >= 15 is 0 Å². The zero-order valence-corrected chi connectivity index (χ0v) is 46.7. The van der Waals surface area contributed by atoms with Gasteiger partial charge in [-0.2, -0.15) is 0 Å². The Kier molecular flexibility index (Phi) is 56.3. The van der Waals surface area contributed by atoms with E-state index in [0.29, 0.717) is 19.3 Å². The van der Waals surface area contributed by atoms with Crippen molar-refractivity contribution in [2.45, 2.75) is 297 Å². The maximum absolute atomic E-state index is 12.8. The summed E-state index contributed by atoms with van der Waals surface area (Å²) < 4.78 is 16.8. The second-order valence-electron chi connectivity index (χ2n) is 19.9. The lowest BCUT2D eigenvalue weighted by Gasteiger charge is -2.18. The number of carbonyl (C=O) groups excluding carboxylic acids is 3. The third-order valence-corrected chi connectivity index (χ3v) is 12.9. The molecule has 6 nitrogen and oxygen atoms in total. The molecule has 0 aromatic heterocycles. The Morgan fingerprint density at radius 3 is 0.901 bits per heavy atom. The highest BCUT2D eigenvalue weighted by atomic mass is 16.6. The van der Waals surface area contributed by atoms with Crippen LogP contribution in [0.1, 0.15) is 290 Å². The van der Waals surface area contributed by atoms with Crippen LogP contribution in [-0.4, -0.2) is 37.2 Å². The zero-order valence-electron chi connectivity index (χ0n) is 46.7. The van der Waals surface area contributed by atoms with Gasteiger partial charge in [-0.3, -0.25) is 14.4 Å². The Hall–Kier alpha value is -3.41. The maximum atomic E-state index is 12.8. The quantitative estimate of drug-likeness (QED) is 0.0261. The summed E-state index contributed by atoms with van der Waals surface area (Å²) in [6.07, 6.45) is 77.3. The molecule has 0 bridgehead atoms. The van der Waals surface area contributed by atoms with E-state index in [1.165, 1.54) is 135 Å². The predicted octanol–water partition coefficient (Wildman–Crippen LogP) is 20.3.